The molecule has 0 spiro atoms. The molecule has 15 heavy (non-hydrogen) atoms. The van der Waals surface area contributed by atoms with Crippen LogP contribution in [0, 0.1) is 6.92 Å². The van der Waals surface area contributed by atoms with Crippen molar-refractivity contribution in [2.45, 2.75) is 20.0 Å². The summed E-state index contributed by atoms with van der Waals surface area (Å²) in [6.45, 7) is 4.41. The second-order valence-corrected chi connectivity index (χ2v) is 3.65. The van der Waals surface area contributed by atoms with Gasteiger partial charge in [-0.2, -0.15) is 0 Å². The normalized spacial score (nSPS) is 13.0. The number of nitrogens with zero attached hydrogens (tertiary/aromatic N) is 2. The lowest BCUT2D eigenvalue weighted by atomic mass is 10.4. The standard InChI is InChI=1S/C11H15N3O/c1-8-7-14-5-3-4-10(11(14)13-8)15-9(2)6-12/h3-5,7,9H,6,12H2,1-2H3. The minimum atomic E-state index is 0.00760. The molecule has 2 aromatic rings. The Hall–Kier alpha value is -1.55. The number of nitrogens with two attached hydrogens (primary N) is 1. The first kappa shape index (κ1) is 9.98. The van der Waals surface area contributed by atoms with Gasteiger partial charge in [-0.05, 0) is 26.0 Å². The Labute approximate surface area is 88.7 Å². The Balaban J connectivity index is 2.41. The summed E-state index contributed by atoms with van der Waals surface area (Å²) in [6, 6.07) is 3.85. The van der Waals surface area contributed by atoms with Gasteiger partial charge >= 0.3 is 0 Å². The van der Waals surface area contributed by atoms with Gasteiger partial charge in [-0.3, -0.25) is 0 Å². The van der Waals surface area contributed by atoms with Crippen molar-refractivity contribution >= 4 is 5.65 Å². The molecule has 0 radical (unpaired) electrons. The number of ether oxygens (including phenoxy) is 1. The van der Waals surface area contributed by atoms with Crippen LogP contribution in [-0.4, -0.2) is 22.0 Å². The molecule has 4 nitrogen and oxygen atoms in total. The topological polar surface area (TPSA) is 52.5 Å². The first-order valence-corrected chi connectivity index (χ1v) is 5.01. The van der Waals surface area contributed by atoms with Crippen molar-refractivity contribution in [3.05, 3.63) is 30.2 Å². The summed E-state index contributed by atoms with van der Waals surface area (Å²) < 4.78 is 7.63. The van der Waals surface area contributed by atoms with Crippen LogP contribution >= 0.6 is 0 Å². The highest BCUT2D eigenvalue weighted by Gasteiger charge is 2.07. The highest BCUT2D eigenvalue weighted by molar-refractivity contribution is 5.54. The Morgan fingerprint density at radius 1 is 1.60 bits per heavy atom. The maximum Gasteiger partial charge on any atom is 0.179 e. The maximum absolute atomic E-state index is 5.68. The second-order valence-electron chi connectivity index (χ2n) is 3.65. The van der Waals surface area contributed by atoms with E-state index in [4.69, 9.17) is 10.5 Å². The van der Waals surface area contributed by atoms with Crippen molar-refractivity contribution in [3.8, 4) is 5.75 Å². The van der Waals surface area contributed by atoms with Gasteiger partial charge in [0.25, 0.3) is 0 Å². The summed E-state index contributed by atoms with van der Waals surface area (Å²) in [5.74, 6) is 0.781. The van der Waals surface area contributed by atoms with Gasteiger partial charge in [0.1, 0.15) is 6.10 Å². The largest absolute Gasteiger partial charge is 0.485 e. The number of hydrogen-bond donors (Lipinski definition) is 1. The number of aromatic nitrogens is 2. The fourth-order valence-electron chi connectivity index (χ4n) is 1.47. The van der Waals surface area contributed by atoms with Crippen molar-refractivity contribution in [1.29, 1.82) is 0 Å². The molecular weight excluding hydrogens is 190 g/mol. The molecule has 0 aliphatic rings. The first-order valence-electron chi connectivity index (χ1n) is 5.01. The van der Waals surface area contributed by atoms with E-state index in [9.17, 15) is 0 Å². The number of fused-ring (bicyclic) bond motifs is 1. The van der Waals surface area contributed by atoms with E-state index in [-0.39, 0.29) is 6.10 Å². The molecule has 2 aromatic heterocycles. The third kappa shape index (κ3) is 1.94. The van der Waals surface area contributed by atoms with E-state index >= 15 is 0 Å². The molecule has 1 atom stereocenters. The van der Waals surface area contributed by atoms with Gasteiger partial charge in [0.15, 0.2) is 11.4 Å². The minimum absolute atomic E-state index is 0.00760. The summed E-state index contributed by atoms with van der Waals surface area (Å²) in [7, 11) is 0. The van der Waals surface area contributed by atoms with E-state index < -0.39 is 0 Å². The molecule has 4 heteroatoms. The Bertz CT molecular complexity index is 464. The van der Waals surface area contributed by atoms with E-state index in [0.717, 1.165) is 17.1 Å². The van der Waals surface area contributed by atoms with Crippen LogP contribution in [0.5, 0.6) is 5.75 Å². The zero-order valence-corrected chi connectivity index (χ0v) is 8.97. The molecule has 0 amide bonds. The van der Waals surface area contributed by atoms with Crippen molar-refractivity contribution in [1.82, 2.24) is 9.38 Å². The zero-order chi connectivity index (χ0) is 10.8. The van der Waals surface area contributed by atoms with E-state index in [2.05, 4.69) is 4.98 Å². The summed E-state index contributed by atoms with van der Waals surface area (Å²) in [6.07, 6.45) is 3.93. The number of imidazole rings is 1. The molecule has 0 saturated carbocycles. The molecule has 0 fully saturated rings. The summed E-state index contributed by atoms with van der Waals surface area (Å²) in [5.41, 5.74) is 7.34. The van der Waals surface area contributed by atoms with Gasteiger partial charge in [0.05, 0.1) is 5.69 Å². The maximum atomic E-state index is 5.68. The molecule has 1 unspecified atom stereocenters. The molecule has 2 rings (SSSR count). The molecule has 0 saturated heterocycles. The van der Waals surface area contributed by atoms with E-state index in [1.165, 1.54) is 0 Å². The molecule has 0 aliphatic heterocycles. The number of pyridine rings is 1. The molecule has 0 bridgehead atoms. The predicted octanol–water partition coefficient (Wildman–Crippen LogP) is 1.37. The van der Waals surface area contributed by atoms with Gasteiger partial charge < -0.3 is 14.9 Å². The van der Waals surface area contributed by atoms with Gasteiger partial charge in [-0.15, -0.1) is 0 Å². The Morgan fingerprint density at radius 2 is 2.40 bits per heavy atom. The average molecular weight is 205 g/mol. The lowest BCUT2D eigenvalue weighted by Gasteiger charge is -2.12. The molecule has 2 N–H and O–H groups in total. The van der Waals surface area contributed by atoms with Crippen molar-refractivity contribution < 1.29 is 4.74 Å². The fraction of sp³-hybridized carbons (Fsp3) is 0.364. The predicted molar refractivity (Wildman–Crippen MR) is 59.1 cm³/mol. The quantitative estimate of drug-likeness (QED) is 0.823. The molecular formula is C11H15N3O. The number of rotatable bonds is 3. The lowest BCUT2D eigenvalue weighted by Crippen LogP contribution is -2.23. The zero-order valence-electron chi connectivity index (χ0n) is 8.97. The van der Waals surface area contributed by atoms with Crippen LogP contribution in [0.4, 0.5) is 0 Å². The highest BCUT2D eigenvalue weighted by atomic mass is 16.5. The minimum Gasteiger partial charge on any atom is -0.485 e. The number of hydrogen-bond acceptors (Lipinski definition) is 3. The monoisotopic (exact) mass is 205 g/mol. The van der Waals surface area contributed by atoms with Gasteiger partial charge in [-0.25, -0.2) is 4.98 Å². The van der Waals surface area contributed by atoms with Crippen molar-refractivity contribution in [2.75, 3.05) is 6.54 Å². The first-order chi connectivity index (χ1) is 7.20. The summed E-state index contributed by atoms with van der Waals surface area (Å²) >= 11 is 0. The lowest BCUT2D eigenvalue weighted by molar-refractivity contribution is 0.231. The smallest absolute Gasteiger partial charge is 0.179 e. The average Bonchev–Trinajstić information content (AvgIpc) is 2.59. The van der Waals surface area contributed by atoms with Crippen molar-refractivity contribution in [3.63, 3.8) is 0 Å². The number of aryl methyl sites for hydroxylation is 1. The Kier molecular flexibility index (Phi) is 2.60. The van der Waals surface area contributed by atoms with Crippen LogP contribution in [0.1, 0.15) is 12.6 Å². The van der Waals surface area contributed by atoms with Crippen LogP contribution in [0.3, 0.4) is 0 Å². The summed E-state index contributed by atoms with van der Waals surface area (Å²) in [5, 5.41) is 0. The highest BCUT2D eigenvalue weighted by Crippen LogP contribution is 2.19. The third-order valence-electron chi connectivity index (χ3n) is 2.23. The molecule has 2 heterocycles. The van der Waals surface area contributed by atoms with Crippen LogP contribution in [-0.2, 0) is 0 Å². The molecule has 0 aliphatic carbocycles. The van der Waals surface area contributed by atoms with Crippen LogP contribution in [0.2, 0.25) is 0 Å². The van der Waals surface area contributed by atoms with Crippen LogP contribution in [0.25, 0.3) is 5.65 Å². The van der Waals surface area contributed by atoms with Crippen LogP contribution in [0.15, 0.2) is 24.5 Å². The van der Waals surface area contributed by atoms with Gasteiger partial charge in [-0.1, -0.05) is 0 Å². The van der Waals surface area contributed by atoms with Gasteiger partial charge in [0.2, 0.25) is 0 Å². The SMILES string of the molecule is Cc1cn2cccc(OC(C)CN)c2n1. The summed E-state index contributed by atoms with van der Waals surface area (Å²) in [4.78, 5) is 4.40. The van der Waals surface area contributed by atoms with Crippen LogP contribution < -0.4 is 10.5 Å². The molecule has 0 aromatic carbocycles. The van der Waals surface area contributed by atoms with E-state index in [1.807, 2.05) is 42.8 Å². The fourth-order valence-corrected chi connectivity index (χ4v) is 1.47. The molecule has 80 valence electrons. The third-order valence-corrected chi connectivity index (χ3v) is 2.23. The Morgan fingerprint density at radius 3 is 3.13 bits per heavy atom. The van der Waals surface area contributed by atoms with Crippen molar-refractivity contribution in [2.24, 2.45) is 5.73 Å². The van der Waals surface area contributed by atoms with E-state index in [1.54, 1.807) is 0 Å². The second kappa shape index (κ2) is 3.90. The van der Waals surface area contributed by atoms with Gasteiger partial charge in [0, 0.05) is 18.9 Å². The van der Waals surface area contributed by atoms with E-state index in [0.29, 0.717) is 6.54 Å².